The monoisotopic (exact) mass is 320 g/mol. The number of aliphatic hydroxyl groups is 1. The molecule has 0 saturated heterocycles. The van der Waals surface area contributed by atoms with Gasteiger partial charge < -0.3 is 14.6 Å². The maximum Gasteiger partial charge on any atom is 0.330 e. The van der Waals surface area contributed by atoms with Crippen LogP contribution in [0.3, 0.4) is 0 Å². The SMILES string of the molecule is CCOC(=O)/C=C/[C@@H](C)[C@@H](O)C(C)(C)COCc1ccccc1. The van der Waals surface area contributed by atoms with Crippen molar-refractivity contribution in [3.05, 3.63) is 48.0 Å². The van der Waals surface area contributed by atoms with Gasteiger partial charge in [0.15, 0.2) is 0 Å². The zero-order valence-electron chi connectivity index (χ0n) is 14.5. The van der Waals surface area contributed by atoms with Crippen molar-refractivity contribution in [2.24, 2.45) is 11.3 Å². The van der Waals surface area contributed by atoms with Crippen molar-refractivity contribution >= 4 is 5.97 Å². The highest BCUT2D eigenvalue weighted by Crippen LogP contribution is 2.27. The number of carbonyl (C=O) groups excluding carboxylic acids is 1. The van der Waals surface area contributed by atoms with Crippen molar-refractivity contribution in [2.45, 2.75) is 40.4 Å². The van der Waals surface area contributed by atoms with Crippen LogP contribution >= 0.6 is 0 Å². The normalized spacial score (nSPS) is 14.7. The van der Waals surface area contributed by atoms with E-state index in [0.717, 1.165) is 5.56 Å². The predicted octanol–water partition coefficient (Wildman–Crippen LogP) is 3.35. The van der Waals surface area contributed by atoms with E-state index < -0.39 is 11.5 Å². The third kappa shape index (κ3) is 6.97. The van der Waals surface area contributed by atoms with Crippen LogP contribution in [0, 0.1) is 11.3 Å². The van der Waals surface area contributed by atoms with Gasteiger partial charge in [-0.1, -0.05) is 57.2 Å². The van der Waals surface area contributed by atoms with E-state index in [-0.39, 0.29) is 11.9 Å². The summed E-state index contributed by atoms with van der Waals surface area (Å²) < 4.78 is 10.6. The number of rotatable bonds is 9. The smallest absolute Gasteiger partial charge is 0.330 e. The van der Waals surface area contributed by atoms with E-state index in [2.05, 4.69) is 0 Å². The fourth-order valence-electron chi connectivity index (χ4n) is 2.33. The lowest BCUT2D eigenvalue weighted by Crippen LogP contribution is -2.38. The first kappa shape index (κ1) is 19.4. The van der Waals surface area contributed by atoms with Crippen molar-refractivity contribution in [3.8, 4) is 0 Å². The van der Waals surface area contributed by atoms with E-state index in [1.165, 1.54) is 6.08 Å². The van der Waals surface area contributed by atoms with Gasteiger partial charge in [-0.2, -0.15) is 0 Å². The minimum absolute atomic E-state index is 0.172. The first-order chi connectivity index (χ1) is 10.9. The molecule has 4 nitrogen and oxygen atoms in total. The molecule has 1 aromatic carbocycles. The zero-order chi connectivity index (χ0) is 17.3. The summed E-state index contributed by atoms with van der Waals surface area (Å²) in [5.74, 6) is -0.556. The molecule has 0 aliphatic carbocycles. The van der Waals surface area contributed by atoms with Crippen molar-refractivity contribution in [1.29, 1.82) is 0 Å². The number of benzene rings is 1. The molecule has 0 bridgehead atoms. The second-order valence-electron chi connectivity index (χ2n) is 6.38. The molecular formula is C19H28O4. The van der Waals surface area contributed by atoms with Crippen LogP contribution in [-0.2, 0) is 20.9 Å². The fourth-order valence-corrected chi connectivity index (χ4v) is 2.33. The van der Waals surface area contributed by atoms with Gasteiger partial charge in [0.05, 0.1) is 25.9 Å². The lowest BCUT2D eigenvalue weighted by molar-refractivity contribution is -0.137. The molecule has 1 rings (SSSR count). The van der Waals surface area contributed by atoms with E-state index in [4.69, 9.17) is 9.47 Å². The van der Waals surface area contributed by atoms with E-state index >= 15 is 0 Å². The van der Waals surface area contributed by atoms with Crippen molar-refractivity contribution in [3.63, 3.8) is 0 Å². The van der Waals surface area contributed by atoms with Gasteiger partial charge in [0, 0.05) is 17.4 Å². The van der Waals surface area contributed by atoms with E-state index in [1.54, 1.807) is 13.0 Å². The molecule has 0 spiro atoms. The van der Waals surface area contributed by atoms with E-state index in [9.17, 15) is 9.90 Å². The molecule has 0 radical (unpaired) electrons. The highest BCUT2D eigenvalue weighted by Gasteiger charge is 2.31. The molecule has 1 aromatic rings. The Balaban J connectivity index is 2.48. The molecule has 0 aliphatic rings. The van der Waals surface area contributed by atoms with Gasteiger partial charge >= 0.3 is 5.97 Å². The average molecular weight is 320 g/mol. The molecule has 0 heterocycles. The Bertz CT molecular complexity index is 493. The van der Waals surface area contributed by atoms with Crippen LogP contribution in [0.4, 0.5) is 0 Å². The summed E-state index contributed by atoms with van der Waals surface area (Å²) in [6.07, 6.45) is 2.43. The highest BCUT2D eigenvalue weighted by atomic mass is 16.5. The van der Waals surface area contributed by atoms with Crippen molar-refractivity contribution in [2.75, 3.05) is 13.2 Å². The Kier molecular flexibility index (Phi) is 8.00. The summed E-state index contributed by atoms with van der Waals surface area (Å²) in [4.78, 5) is 11.3. The molecule has 4 heteroatoms. The standard InChI is InChI=1S/C19H28O4/c1-5-23-17(20)12-11-15(2)18(21)19(3,4)14-22-13-16-9-7-6-8-10-16/h6-12,15,18,21H,5,13-14H2,1-4H3/b12-11+/t15-,18-/m1/s1. The van der Waals surface area contributed by atoms with Crippen LogP contribution in [0.1, 0.15) is 33.3 Å². The highest BCUT2D eigenvalue weighted by molar-refractivity contribution is 5.81. The Morgan fingerprint density at radius 3 is 2.57 bits per heavy atom. The molecule has 0 fully saturated rings. The van der Waals surface area contributed by atoms with Crippen molar-refractivity contribution < 1.29 is 19.4 Å². The van der Waals surface area contributed by atoms with Crippen LogP contribution in [0.2, 0.25) is 0 Å². The topological polar surface area (TPSA) is 55.8 Å². The van der Waals surface area contributed by atoms with Gasteiger partial charge in [-0.15, -0.1) is 0 Å². The fraction of sp³-hybridized carbons (Fsp3) is 0.526. The lowest BCUT2D eigenvalue weighted by atomic mass is 9.80. The second-order valence-corrected chi connectivity index (χ2v) is 6.38. The number of aliphatic hydroxyl groups excluding tert-OH is 1. The summed E-state index contributed by atoms with van der Waals surface area (Å²) in [7, 11) is 0. The number of hydrogen-bond donors (Lipinski definition) is 1. The molecule has 0 aliphatic heterocycles. The maximum atomic E-state index is 11.3. The molecule has 128 valence electrons. The molecule has 0 saturated carbocycles. The predicted molar refractivity (Wildman–Crippen MR) is 90.8 cm³/mol. The Morgan fingerprint density at radius 2 is 1.96 bits per heavy atom. The largest absolute Gasteiger partial charge is 0.463 e. The molecule has 2 atom stereocenters. The van der Waals surface area contributed by atoms with Gasteiger partial charge in [0.1, 0.15) is 0 Å². The minimum atomic E-state index is -0.621. The summed E-state index contributed by atoms with van der Waals surface area (Å²) in [6.45, 7) is 8.84. The molecule has 1 N–H and O–H groups in total. The molecule has 0 amide bonds. The van der Waals surface area contributed by atoms with Crippen LogP contribution in [0.15, 0.2) is 42.5 Å². The number of hydrogen-bond acceptors (Lipinski definition) is 4. The number of carbonyl (C=O) groups is 1. The van der Waals surface area contributed by atoms with E-state index in [1.807, 2.05) is 51.1 Å². The quantitative estimate of drug-likeness (QED) is 0.560. The Morgan fingerprint density at radius 1 is 1.30 bits per heavy atom. The van der Waals surface area contributed by atoms with Crippen LogP contribution in [0.25, 0.3) is 0 Å². The summed E-state index contributed by atoms with van der Waals surface area (Å²) in [5.41, 5.74) is 0.681. The third-order valence-electron chi connectivity index (χ3n) is 3.71. The first-order valence-corrected chi connectivity index (χ1v) is 8.01. The summed E-state index contributed by atoms with van der Waals surface area (Å²) >= 11 is 0. The lowest BCUT2D eigenvalue weighted by Gasteiger charge is -2.33. The van der Waals surface area contributed by atoms with Gasteiger partial charge in [0.2, 0.25) is 0 Å². The van der Waals surface area contributed by atoms with Crippen molar-refractivity contribution in [1.82, 2.24) is 0 Å². The number of esters is 1. The zero-order valence-corrected chi connectivity index (χ0v) is 14.5. The summed E-state index contributed by atoms with van der Waals surface area (Å²) in [5, 5.41) is 10.5. The van der Waals surface area contributed by atoms with Gasteiger partial charge in [0.25, 0.3) is 0 Å². The van der Waals surface area contributed by atoms with Crippen LogP contribution in [-0.4, -0.2) is 30.4 Å². The van der Waals surface area contributed by atoms with E-state index in [0.29, 0.717) is 19.8 Å². The Hall–Kier alpha value is -1.65. The summed E-state index contributed by atoms with van der Waals surface area (Å²) in [6, 6.07) is 9.93. The van der Waals surface area contributed by atoms with Crippen LogP contribution in [0.5, 0.6) is 0 Å². The maximum absolute atomic E-state index is 11.3. The third-order valence-corrected chi connectivity index (χ3v) is 3.71. The molecule has 0 aromatic heterocycles. The number of ether oxygens (including phenoxy) is 2. The second kappa shape index (κ2) is 9.48. The van der Waals surface area contributed by atoms with Crippen LogP contribution < -0.4 is 0 Å². The first-order valence-electron chi connectivity index (χ1n) is 8.01. The molecule has 23 heavy (non-hydrogen) atoms. The van der Waals surface area contributed by atoms with Gasteiger partial charge in [-0.3, -0.25) is 0 Å². The molecular weight excluding hydrogens is 292 g/mol. The van der Waals surface area contributed by atoms with Gasteiger partial charge in [-0.05, 0) is 12.5 Å². The van der Waals surface area contributed by atoms with Gasteiger partial charge in [-0.25, -0.2) is 4.79 Å². The average Bonchev–Trinajstić information content (AvgIpc) is 2.53. The molecule has 0 unspecified atom stereocenters. The minimum Gasteiger partial charge on any atom is -0.463 e. The Labute approximate surface area is 139 Å².